The number of nitrogens with two attached hydrogens (primary N) is 1. The molecule has 0 aliphatic rings. The van der Waals surface area contributed by atoms with Gasteiger partial charge in [-0.25, -0.2) is 0 Å². The number of rotatable bonds is 7. The molecular formula is C15H23BrN2O2S. The highest BCUT2D eigenvalue weighted by Gasteiger charge is 2.10. The van der Waals surface area contributed by atoms with E-state index in [2.05, 4.69) is 34.8 Å². The summed E-state index contributed by atoms with van der Waals surface area (Å²) in [4.78, 5) is 4.37. The third-order valence-corrected chi connectivity index (χ3v) is 4.52. The molecular weight excluding hydrogens is 352 g/mol. The lowest BCUT2D eigenvalue weighted by Crippen LogP contribution is -2.08. The Balaban J connectivity index is 2.66. The summed E-state index contributed by atoms with van der Waals surface area (Å²) in [7, 11) is 3.25. The predicted molar refractivity (Wildman–Crippen MR) is 94.5 cm³/mol. The topological polar surface area (TPSA) is 56.8 Å². The molecule has 0 bridgehead atoms. The maximum Gasteiger partial charge on any atom is 0.161 e. The minimum absolute atomic E-state index is 0.623. The van der Waals surface area contributed by atoms with Gasteiger partial charge in [-0.1, -0.05) is 41.5 Å². The van der Waals surface area contributed by atoms with Gasteiger partial charge in [-0.15, -0.1) is 0 Å². The quantitative estimate of drug-likeness (QED) is 0.577. The van der Waals surface area contributed by atoms with E-state index in [0.717, 1.165) is 28.8 Å². The van der Waals surface area contributed by atoms with E-state index in [-0.39, 0.29) is 0 Å². The van der Waals surface area contributed by atoms with E-state index in [9.17, 15) is 0 Å². The minimum atomic E-state index is 0.623. The molecule has 0 unspecified atom stereocenters. The maximum atomic E-state index is 5.93. The molecule has 0 aliphatic heterocycles. The first-order valence-electron chi connectivity index (χ1n) is 6.81. The molecule has 0 aliphatic carbocycles. The molecule has 2 N–H and O–H groups in total. The van der Waals surface area contributed by atoms with Crippen molar-refractivity contribution in [3.63, 3.8) is 0 Å². The van der Waals surface area contributed by atoms with E-state index in [0.29, 0.717) is 22.6 Å². The van der Waals surface area contributed by atoms with Gasteiger partial charge in [-0.3, -0.25) is 4.99 Å². The smallest absolute Gasteiger partial charge is 0.161 e. The standard InChI is InChI=1S/C15H23BrN2O2S/c1-10(2)5-6-18-15(17)21-9-11-7-13(19-3)14(20-4)8-12(11)16/h7-8,10H,5-6,9H2,1-4H3,(H2,17,18). The summed E-state index contributed by atoms with van der Waals surface area (Å²) in [5.41, 5.74) is 7.02. The Morgan fingerprint density at radius 1 is 1.29 bits per heavy atom. The number of nitrogens with zero attached hydrogens (tertiary/aromatic N) is 1. The van der Waals surface area contributed by atoms with Crippen LogP contribution in [0.3, 0.4) is 0 Å². The molecule has 0 aromatic heterocycles. The summed E-state index contributed by atoms with van der Waals surface area (Å²) < 4.78 is 11.6. The first kappa shape index (κ1) is 18.2. The Morgan fingerprint density at radius 2 is 1.90 bits per heavy atom. The van der Waals surface area contributed by atoms with E-state index in [1.165, 1.54) is 11.8 Å². The zero-order valence-electron chi connectivity index (χ0n) is 13.0. The molecule has 0 saturated heterocycles. The van der Waals surface area contributed by atoms with Gasteiger partial charge in [0.05, 0.1) is 14.2 Å². The van der Waals surface area contributed by atoms with E-state index in [1.54, 1.807) is 14.2 Å². The van der Waals surface area contributed by atoms with E-state index in [1.807, 2.05) is 12.1 Å². The van der Waals surface area contributed by atoms with Crippen LogP contribution in [-0.4, -0.2) is 25.9 Å². The fourth-order valence-electron chi connectivity index (χ4n) is 1.64. The number of thioether (sulfide) groups is 1. The lowest BCUT2D eigenvalue weighted by Gasteiger charge is -2.11. The van der Waals surface area contributed by atoms with Crippen LogP contribution in [0.15, 0.2) is 21.6 Å². The zero-order valence-corrected chi connectivity index (χ0v) is 15.4. The molecule has 1 aromatic carbocycles. The second kappa shape index (κ2) is 9.20. The van der Waals surface area contributed by atoms with E-state index >= 15 is 0 Å². The van der Waals surface area contributed by atoms with Gasteiger partial charge in [0.2, 0.25) is 0 Å². The highest BCUT2D eigenvalue weighted by Crippen LogP contribution is 2.34. The van der Waals surface area contributed by atoms with Gasteiger partial charge in [0.1, 0.15) is 0 Å². The summed E-state index contributed by atoms with van der Waals surface area (Å²) in [5, 5.41) is 0.623. The van der Waals surface area contributed by atoms with Crippen molar-refractivity contribution < 1.29 is 9.47 Å². The van der Waals surface area contributed by atoms with Gasteiger partial charge >= 0.3 is 0 Å². The number of amidine groups is 1. The van der Waals surface area contributed by atoms with Crippen molar-refractivity contribution in [2.45, 2.75) is 26.0 Å². The molecule has 6 heteroatoms. The second-order valence-electron chi connectivity index (χ2n) is 4.99. The first-order chi connectivity index (χ1) is 9.97. The number of aliphatic imine (C=N–C) groups is 1. The third kappa shape index (κ3) is 6.18. The predicted octanol–water partition coefficient (Wildman–Crippen LogP) is 4.06. The Morgan fingerprint density at radius 3 is 2.48 bits per heavy atom. The second-order valence-corrected chi connectivity index (χ2v) is 6.84. The number of hydrogen-bond acceptors (Lipinski definition) is 4. The molecule has 1 aromatic rings. The Labute approximate surface area is 139 Å². The fourth-order valence-corrected chi connectivity index (χ4v) is 3.01. The Kier molecular flexibility index (Phi) is 7.96. The Hall–Kier alpha value is -0.880. The average molecular weight is 375 g/mol. The summed E-state index contributed by atoms with van der Waals surface area (Å²) in [6.45, 7) is 5.14. The number of halogens is 1. The molecule has 0 amide bonds. The molecule has 0 atom stereocenters. The van der Waals surface area contributed by atoms with Crippen LogP contribution in [0, 0.1) is 5.92 Å². The van der Waals surface area contributed by atoms with Gasteiger partial charge in [0, 0.05) is 16.8 Å². The SMILES string of the molecule is COc1cc(Br)c(CSC(N)=NCCC(C)C)cc1OC. The van der Waals surface area contributed by atoms with Crippen molar-refractivity contribution in [1.82, 2.24) is 0 Å². The van der Waals surface area contributed by atoms with E-state index in [4.69, 9.17) is 15.2 Å². The highest BCUT2D eigenvalue weighted by molar-refractivity contribution is 9.10. The van der Waals surface area contributed by atoms with Gasteiger partial charge in [-0.05, 0) is 30.0 Å². The molecule has 1 rings (SSSR count). The lowest BCUT2D eigenvalue weighted by atomic mass is 10.1. The third-order valence-electron chi connectivity index (χ3n) is 2.90. The molecule has 0 saturated carbocycles. The van der Waals surface area contributed by atoms with Crippen LogP contribution in [0.1, 0.15) is 25.8 Å². The van der Waals surface area contributed by atoms with Crippen LogP contribution in [-0.2, 0) is 5.75 Å². The molecule has 4 nitrogen and oxygen atoms in total. The van der Waals surface area contributed by atoms with Crippen molar-refractivity contribution >= 4 is 32.9 Å². The molecule has 0 spiro atoms. The number of methoxy groups -OCH3 is 2. The molecule has 0 fully saturated rings. The van der Waals surface area contributed by atoms with Crippen LogP contribution in [0.2, 0.25) is 0 Å². The largest absolute Gasteiger partial charge is 0.493 e. The first-order valence-corrected chi connectivity index (χ1v) is 8.58. The summed E-state index contributed by atoms with van der Waals surface area (Å²) in [5.74, 6) is 2.80. The van der Waals surface area contributed by atoms with Crippen molar-refractivity contribution in [2.75, 3.05) is 20.8 Å². The van der Waals surface area contributed by atoms with Crippen LogP contribution in [0.25, 0.3) is 0 Å². The lowest BCUT2D eigenvalue weighted by molar-refractivity contribution is 0.354. The fraction of sp³-hybridized carbons (Fsp3) is 0.533. The molecule has 21 heavy (non-hydrogen) atoms. The molecule has 0 heterocycles. The Bertz CT molecular complexity index is 493. The van der Waals surface area contributed by atoms with Crippen LogP contribution in [0.5, 0.6) is 11.5 Å². The average Bonchev–Trinajstić information content (AvgIpc) is 2.45. The minimum Gasteiger partial charge on any atom is -0.493 e. The van der Waals surface area contributed by atoms with Gasteiger partial charge in [0.25, 0.3) is 0 Å². The van der Waals surface area contributed by atoms with Gasteiger partial charge < -0.3 is 15.2 Å². The van der Waals surface area contributed by atoms with Gasteiger partial charge in [-0.2, -0.15) is 0 Å². The number of hydrogen-bond donors (Lipinski definition) is 1. The van der Waals surface area contributed by atoms with E-state index < -0.39 is 0 Å². The van der Waals surface area contributed by atoms with Crippen molar-refractivity contribution in [3.05, 3.63) is 22.2 Å². The number of ether oxygens (including phenoxy) is 2. The van der Waals surface area contributed by atoms with Crippen LogP contribution >= 0.6 is 27.7 Å². The monoisotopic (exact) mass is 374 g/mol. The normalized spacial score (nSPS) is 11.8. The summed E-state index contributed by atoms with van der Waals surface area (Å²) >= 11 is 5.07. The van der Waals surface area contributed by atoms with Crippen LogP contribution in [0.4, 0.5) is 0 Å². The molecule has 0 radical (unpaired) electrons. The van der Waals surface area contributed by atoms with Crippen molar-refractivity contribution in [3.8, 4) is 11.5 Å². The van der Waals surface area contributed by atoms with Crippen LogP contribution < -0.4 is 15.2 Å². The summed E-state index contributed by atoms with van der Waals surface area (Å²) in [6.07, 6.45) is 1.06. The zero-order chi connectivity index (χ0) is 15.8. The maximum absolute atomic E-state index is 5.93. The number of benzene rings is 1. The van der Waals surface area contributed by atoms with Gasteiger partial charge in [0.15, 0.2) is 16.7 Å². The van der Waals surface area contributed by atoms with Crippen molar-refractivity contribution in [2.24, 2.45) is 16.6 Å². The van der Waals surface area contributed by atoms with Crippen molar-refractivity contribution in [1.29, 1.82) is 0 Å². The summed E-state index contributed by atoms with van der Waals surface area (Å²) in [6, 6.07) is 3.86. The molecule has 118 valence electrons. The highest BCUT2D eigenvalue weighted by atomic mass is 79.9.